The van der Waals surface area contributed by atoms with Crippen molar-refractivity contribution in [2.75, 3.05) is 19.8 Å². The SMILES string of the molecule is C=CCOC(=O)[C@@H]1[C@H]2C(=O)N([C@@H](CO)Cc3ccccc3)C(C(=O)N(CC=C)C(C)(C)C)C23CC[C@H]1O3. The summed E-state index contributed by atoms with van der Waals surface area (Å²) in [5.74, 6) is -2.78. The van der Waals surface area contributed by atoms with Gasteiger partial charge in [0.25, 0.3) is 0 Å². The number of fused-ring (bicyclic) bond motifs is 1. The Bertz CT molecular complexity index is 1050. The average molecular weight is 511 g/mol. The Kier molecular flexibility index (Phi) is 7.62. The third-order valence-electron chi connectivity index (χ3n) is 7.89. The first-order chi connectivity index (χ1) is 17.6. The van der Waals surface area contributed by atoms with Gasteiger partial charge in [-0.15, -0.1) is 6.58 Å². The summed E-state index contributed by atoms with van der Waals surface area (Å²) in [6.45, 7) is 13.2. The lowest BCUT2D eigenvalue weighted by molar-refractivity contribution is -0.157. The van der Waals surface area contributed by atoms with Gasteiger partial charge >= 0.3 is 5.97 Å². The molecule has 1 aromatic rings. The minimum atomic E-state index is -1.16. The zero-order valence-corrected chi connectivity index (χ0v) is 22.0. The molecule has 4 rings (SSSR count). The lowest BCUT2D eigenvalue weighted by atomic mass is 9.70. The fraction of sp³-hybridized carbons (Fsp3) is 0.552. The molecule has 6 atom stereocenters. The molecule has 8 nitrogen and oxygen atoms in total. The minimum absolute atomic E-state index is 0.0342. The van der Waals surface area contributed by atoms with E-state index in [1.165, 1.54) is 11.0 Å². The van der Waals surface area contributed by atoms with Crippen molar-refractivity contribution in [3.05, 3.63) is 61.2 Å². The van der Waals surface area contributed by atoms with Crippen molar-refractivity contribution in [2.45, 2.75) is 69.4 Å². The lowest BCUT2D eigenvalue weighted by Crippen LogP contribution is -2.61. The van der Waals surface area contributed by atoms with Crippen LogP contribution in [0.1, 0.15) is 39.2 Å². The number of esters is 1. The van der Waals surface area contributed by atoms with Crippen molar-refractivity contribution in [1.29, 1.82) is 0 Å². The maximum Gasteiger partial charge on any atom is 0.312 e. The summed E-state index contributed by atoms with van der Waals surface area (Å²) in [7, 11) is 0. The molecule has 0 radical (unpaired) electrons. The van der Waals surface area contributed by atoms with Crippen LogP contribution in [0.2, 0.25) is 0 Å². The first-order valence-electron chi connectivity index (χ1n) is 13.0. The van der Waals surface area contributed by atoms with Crippen molar-refractivity contribution in [1.82, 2.24) is 9.80 Å². The molecular formula is C29H38N2O6. The van der Waals surface area contributed by atoms with Crippen molar-refractivity contribution in [2.24, 2.45) is 11.8 Å². The second-order valence-corrected chi connectivity index (χ2v) is 11.2. The Morgan fingerprint density at radius 3 is 2.57 bits per heavy atom. The van der Waals surface area contributed by atoms with E-state index in [2.05, 4.69) is 13.2 Å². The van der Waals surface area contributed by atoms with Crippen LogP contribution in [0.5, 0.6) is 0 Å². The van der Waals surface area contributed by atoms with Gasteiger partial charge in [-0.05, 0) is 45.6 Å². The fourth-order valence-corrected chi connectivity index (χ4v) is 6.38. The van der Waals surface area contributed by atoms with Crippen LogP contribution in [0.3, 0.4) is 0 Å². The Morgan fingerprint density at radius 2 is 1.97 bits per heavy atom. The molecule has 1 spiro atoms. The Labute approximate surface area is 218 Å². The molecule has 2 bridgehead atoms. The molecule has 3 saturated heterocycles. The number of aliphatic hydroxyl groups is 1. The summed E-state index contributed by atoms with van der Waals surface area (Å²) in [4.78, 5) is 44.9. The molecular weight excluding hydrogens is 472 g/mol. The molecule has 3 heterocycles. The van der Waals surface area contributed by atoms with Gasteiger partial charge in [0.05, 0.1) is 30.6 Å². The number of carbonyl (C=O) groups excluding carboxylic acids is 3. The number of benzene rings is 1. The van der Waals surface area contributed by atoms with E-state index in [1.54, 1.807) is 11.0 Å². The topological polar surface area (TPSA) is 96.4 Å². The monoisotopic (exact) mass is 510 g/mol. The van der Waals surface area contributed by atoms with Gasteiger partial charge in [0.2, 0.25) is 11.8 Å². The molecule has 2 amide bonds. The van der Waals surface area contributed by atoms with Crippen LogP contribution in [-0.2, 0) is 30.3 Å². The van der Waals surface area contributed by atoms with Gasteiger partial charge in [-0.3, -0.25) is 14.4 Å². The highest BCUT2D eigenvalue weighted by Gasteiger charge is 2.75. The Hall–Kier alpha value is -2.97. The third kappa shape index (κ3) is 4.61. The van der Waals surface area contributed by atoms with Gasteiger partial charge in [-0.2, -0.15) is 0 Å². The summed E-state index contributed by atoms with van der Waals surface area (Å²) >= 11 is 0. The number of ether oxygens (including phenoxy) is 2. The van der Waals surface area contributed by atoms with Gasteiger partial charge in [0.15, 0.2) is 0 Å². The van der Waals surface area contributed by atoms with E-state index in [9.17, 15) is 19.5 Å². The summed E-state index contributed by atoms with van der Waals surface area (Å²) in [5.41, 5.74) is -0.784. The Balaban J connectivity index is 1.80. The predicted molar refractivity (Wildman–Crippen MR) is 138 cm³/mol. The maximum absolute atomic E-state index is 14.4. The molecule has 0 saturated carbocycles. The van der Waals surface area contributed by atoms with E-state index < -0.39 is 47.1 Å². The summed E-state index contributed by atoms with van der Waals surface area (Å²) in [6, 6.07) is 7.90. The van der Waals surface area contributed by atoms with Crippen molar-refractivity contribution in [3.63, 3.8) is 0 Å². The smallest absolute Gasteiger partial charge is 0.312 e. The largest absolute Gasteiger partial charge is 0.461 e. The second-order valence-electron chi connectivity index (χ2n) is 11.2. The van der Waals surface area contributed by atoms with Crippen LogP contribution < -0.4 is 0 Å². The molecule has 200 valence electrons. The zero-order chi connectivity index (χ0) is 27.0. The number of rotatable bonds is 10. The highest BCUT2D eigenvalue weighted by molar-refractivity contribution is 5.98. The quantitative estimate of drug-likeness (QED) is 0.384. The van der Waals surface area contributed by atoms with Gasteiger partial charge < -0.3 is 24.4 Å². The first-order valence-corrected chi connectivity index (χ1v) is 13.0. The maximum atomic E-state index is 14.4. The average Bonchev–Trinajstić information content (AvgIpc) is 3.51. The lowest BCUT2D eigenvalue weighted by Gasteiger charge is -2.43. The third-order valence-corrected chi connectivity index (χ3v) is 7.89. The van der Waals surface area contributed by atoms with Crippen LogP contribution in [0.4, 0.5) is 0 Å². The normalized spacial score (nSPS) is 29.1. The molecule has 3 aliphatic heterocycles. The number of nitrogens with zero attached hydrogens (tertiary/aromatic N) is 2. The first kappa shape index (κ1) is 27.1. The van der Waals surface area contributed by atoms with Gasteiger partial charge in [-0.1, -0.05) is 49.1 Å². The van der Waals surface area contributed by atoms with E-state index in [-0.39, 0.29) is 25.0 Å². The molecule has 8 heteroatoms. The van der Waals surface area contributed by atoms with E-state index >= 15 is 0 Å². The second kappa shape index (κ2) is 10.4. The van der Waals surface area contributed by atoms with Crippen molar-refractivity contribution in [3.8, 4) is 0 Å². The molecule has 1 aromatic carbocycles. The van der Waals surface area contributed by atoms with Crippen LogP contribution >= 0.6 is 0 Å². The van der Waals surface area contributed by atoms with Gasteiger partial charge in [0.1, 0.15) is 18.2 Å². The Morgan fingerprint density at radius 1 is 1.27 bits per heavy atom. The van der Waals surface area contributed by atoms with Crippen LogP contribution in [-0.4, -0.2) is 81.8 Å². The number of amides is 2. The van der Waals surface area contributed by atoms with E-state index in [1.807, 2.05) is 51.1 Å². The van der Waals surface area contributed by atoms with Gasteiger partial charge in [-0.25, -0.2) is 0 Å². The predicted octanol–water partition coefficient (Wildman–Crippen LogP) is 2.51. The van der Waals surface area contributed by atoms with E-state index in [4.69, 9.17) is 9.47 Å². The summed E-state index contributed by atoms with van der Waals surface area (Å²) in [5, 5.41) is 10.5. The van der Waals surface area contributed by atoms with Crippen molar-refractivity contribution >= 4 is 17.8 Å². The summed E-state index contributed by atoms with van der Waals surface area (Å²) < 4.78 is 11.8. The number of hydrogen-bond donors (Lipinski definition) is 1. The number of likely N-dealkylation sites (tertiary alicyclic amines) is 1. The van der Waals surface area contributed by atoms with Gasteiger partial charge in [0, 0.05) is 12.1 Å². The molecule has 0 aliphatic carbocycles. The highest BCUT2D eigenvalue weighted by atomic mass is 16.6. The number of carbonyl (C=O) groups is 3. The van der Waals surface area contributed by atoms with Crippen LogP contribution in [0.15, 0.2) is 55.6 Å². The molecule has 37 heavy (non-hydrogen) atoms. The molecule has 3 aliphatic rings. The van der Waals surface area contributed by atoms with E-state index in [0.29, 0.717) is 25.8 Å². The molecule has 1 N–H and O–H groups in total. The summed E-state index contributed by atoms with van der Waals surface area (Å²) in [6.07, 6.45) is 4.04. The molecule has 2 unspecified atom stereocenters. The minimum Gasteiger partial charge on any atom is -0.461 e. The zero-order valence-electron chi connectivity index (χ0n) is 22.0. The van der Waals surface area contributed by atoms with E-state index in [0.717, 1.165) is 5.56 Å². The standard InChI is InChI=1S/C29H38N2O6/c1-6-15-30(28(3,4)5)26(34)24-29-14-13-21(37-29)22(27(35)36-16-7-2)23(29)25(33)31(24)20(18-32)17-19-11-9-8-10-12-19/h6-12,20-24,32H,1-2,13-18H2,3-5H3/t20-,21-,22+,23+,24?,29?/m1/s1. The number of hydrogen-bond acceptors (Lipinski definition) is 6. The molecule has 0 aromatic heterocycles. The van der Waals surface area contributed by atoms with Crippen LogP contribution in [0, 0.1) is 11.8 Å². The number of aliphatic hydroxyl groups excluding tert-OH is 1. The highest BCUT2D eigenvalue weighted by Crippen LogP contribution is 2.59. The van der Waals surface area contributed by atoms with Crippen LogP contribution in [0.25, 0.3) is 0 Å². The fourth-order valence-electron chi connectivity index (χ4n) is 6.38. The molecule has 3 fully saturated rings. The van der Waals surface area contributed by atoms with Crippen molar-refractivity contribution < 1.29 is 29.0 Å².